The summed E-state index contributed by atoms with van der Waals surface area (Å²) in [5.74, 6) is -0.565. The zero-order chi connectivity index (χ0) is 23.3. The minimum Gasteiger partial charge on any atom is -0.465 e. The van der Waals surface area contributed by atoms with E-state index in [1.165, 1.54) is 12.0 Å². The Balaban J connectivity index is 1.55. The predicted molar refractivity (Wildman–Crippen MR) is 124 cm³/mol. The third-order valence-electron chi connectivity index (χ3n) is 5.56. The molecule has 0 saturated carbocycles. The third-order valence-corrected chi connectivity index (χ3v) is 5.56. The number of rotatable bonds is 6. The molecular weight excluding hydrogens is 408 g/mol. The van der Waals surface area contributed by atoms with Gasteiger partial charge in [-0.25, -0.2) is 4.79 Å². The molecule has 0 radical (unpaired) electrons. The molecule has 2 aromatic rings. The lowest BCUT2D eigenvalue weighted by Crippen LogP contribution is -2.53. The Morgan fingerprint density at radius 1 is 1.06 bits per heavy atom. The summed E-state index contributed by atoms with van der Waals surface area (Å²) in [7, 11) is 4.76. The Morgan fingerprint density at radius 3 is 2.41 bits per heavy atom. The van der Waals surface area contributed by atoms with Crippen molar-refractivity contribution in [1.29, 1.82) is 0 Å². The van der Waals surface area contributed by atoms with Gasteiger partial charge in [-0.3, -0.25) is 14.5 Å². The molecule has 8 nitrogen and oxygen atoms in total. The van der Waals surface area contributed by atoms with Crippen molar-refractivity contribution in [3.8, 4) is 0 Å². The van der Waals surface area contributed by atoms with Gasteiger partial charge in [0.05, 0.1) is 19.2 Å². The fraction of sp³-hybridized carbons (Fsp3) is 0.375. The number of anilines is 2. The maximum atomic E-state index is 12.6. The molecule has 8 heteroatoms. The number of hydrogen-bond donors (Lipinski definition) is 1. The van der Waals surface area contributed by atoms with Gasteiger partial charge in [-0.2, -0.15) is 0 Å². The van der Waals surface area contributed by atoms with Gasteiger partial charge in [-0.05, 0) is 49.4 Å². The molecule has 0 aromatic heterocycles. The summed E-state index contributed by atoms with van der Waals surface area (Å²) in [4.78, 5) is 42.3. The number of methoxy groups -OCH3 is 1. The summed E-state index contributed by atoms with van der Waals surface area (Å²) in [6.45, 7) is 4.67. The van der Waals surface area contributed by atoms with Crippen molar-refractivity contribution in [3.05, 3.63) is 59.7 Å². The van der Waals surface area contributed by atoms with Crippen molar-refractivity contribution >= 4 is 29.2 Å². The lowest BCUT2D eigenvalue weighted by Gasteiger charge is -2.40. The second-order valence-corrected chi connectivity index (χ2v) is 8.13. The first-order chi connectivity index (χ1) is 15.3. The van der Waals surface area contributed by atoms with Gasteiger partial charge in [0.15, 0.2) is 0 Å². The number of amides is 2. The zero-order valence-electron chi connectivity index (χ0n) is 19.0. The molecule has 2 aromatic carbocycles. The second-order valence-electron chi connectivity index (χ2n) is 8.13. The van der Waals surface area contributed by atoms with Crippen LogP contribution in [0.4, 0.5) is 11.4 Å². The van der Waals surface area contributed by atoms with Crippen LogP contribution in [-0.4, -0.2) is 81.0 Å². The standard InChI is InChI=1S/C24H30N4O4/c1-17-15-28(21-10-8-18(9-11-21)24(31)32-4)13-12-27(17)16-22(29)25-20-7-5-6-19(14-20)23(30)26(2)3/h5-11,14,17H,12-13,15-16H2,1-4H3,(H,25,29). The van der Waals surface area contributed by atoms with E-state index in [0.29, 0.717) is 16.8 Å². The van der Waals surface area contributed by atoms with Gasteiger partial charge in [0.1, 0.15) is 0 Å². The van der Waals surface area contributed by atoms with Crippen LogP contribution >= 0.6 is 0 Å². The normalized spacial score (nSPS) is 16.4. The van der Waals surface area contributed by atoms with Crippen molar-refractivity contribution in [2.45, 2.75) is 13.0 Å². The average Bonchev–Trinajstić information content (AvgIpc) is 2.79. The van der Waals surface area contributed by atoms with Gasteiger partial charge in [-0.15, -0.1) is 0 Å². The van der Waals surface area contributed by atoms with E-state index >= 15 is 0 Å². The summed E-state index contributed by atoms with van der Waals surface area (Å²) >= 11 is 0. The molecule has 1 fully saturated rings. The van der Waals surface area contributed by atoms with Crippen molar-refractivity contribution in [3.63, 3.8) is 0 Å². The van der Waals surface area contributed by atoms with Crippen molar-refractivity contribution in [1.82, 2.24) is 9.80 Å². The molecule has 2 amide bonds. The largest absolute Gasteiger partial charge is 0.465 e. The van der Waals surface area contributed by atoms with E-state index in [2.05, 4.69) is 22.0 Å². The molecule has 1 aliphatic rings. The van der Waals surface area contributed by atoms with Crippen LogP contribution in [0.15, 0.2) is 48.5 Å². The Bertz CT molecular complexity index is 974. The van der Waals surface area contributed by atoms with E-state index in [1.807, 2.05) is 12.1 Å². The molecule has 0 spiro atoms. The first-order valence-corrected chi connectivity index (χ1v) is 10.6. The highest BCUT2D eigenvalue weighted by atomic mass is 16.5. The minimum atomic E-state index is -0.350. The van der Waals surface area contributed by atoms with Crippen molar-refractivity contribution < 1.29 is 19.1 Å². The Hall–Kier alpha value is -3.39. The molecule has 1 saturated heterocycles. The lowest BCUT2D eigenvalue weighted by atomic mass is 10.1. The SMILES string of the molecule is COC(=O)c1ccc(N2CCN(CC(=O)Nc3cccc(C(=O)N(C)C)c3)C(C)C2)cc1. The summed E-state index contributed by atoms with van der Waals surface area (Å²) in [5.41, 5.74) is 2.71. The third kappa shape index (κ3) is 5.64. The summed E-state index contributed by atoms with van der Waals surface area (Å²) in [6.07, 6.45) is 0. The molecule has 170 valence electrons. The monoisotopic (exact) mass is 438 g/mol. The lowest BCUT2D eigenvalue weighted by molar-refractivity contribution is -0.117. The first kappa shape index (κ1) is 23.3. The molecule has 32 heavy (non-hydrogen) atoms. The van der Waals surface area contributed by atoms with Crippen LogP contribution in [0.2, 0.25) is 0 Å². The van der Waals surface area contributed by atoms with Crippen LogP contribution < -0.4 is 10.2 Å². The van der Waals surface area contributed by atoms with E-state index in [-0.39, 0.29) is 30.4 Å². The van der Waals surface area contributed by atoms with Crippen LogP contribution in [0, 0.1) is 0 Å². The predicted octanol–water partition coefficient (Wildman–Crippen LogP) is 2.32. The number of esters is 1. The van der Waals surface area contributed by atoms with Crippen LogP contribution in [0.25, 0.3) is 0 Å². The molecule has 0 bridgehead atoms. The van der Waals surface area contributed by atoms with Crippen LogP contribution in [0.5, 0.6) is 0 Å². The maximum absolute atomic E-state index is 12.6. The summed E-state index contributed by atoms with van der Waals surface area (Å²) in [6, 6.07) is 14.5. The minimum absolute atomic E-state index is 0.106. The van der Waals surface area contributed by atoms with E-state index in [9.17, 15) is 14.4 Å². The highest BCUT2D eigenvalue weighted by Gasteiger charge is 2.25. The summed E-state index contributed by atoms with van der Waals surface area (Å²) in [5, 5.41) is 2.90. The number of nitrogens with one attached hydrogen (secondary N) is 1. The number of carbonyl (C=O) groups is 3. The van der Waals surface area contributed by atoms with Gasteiger partial charge in [0.2, 0.25) is 5.91 Å². The topological polar surface area (TPSA) is 82.2 Å². The fourth-order valence-corrected chi connectivity index (χ4v) is 3.76. The van der Waals surface area contributed by atoms with Gasteiger partial charge >= 0.3 is 5.97 Å². The highest BCUT2D eigenvalue weighted by Crippen LogP contribution is 2.20. The van der Waals surface area contributed by atoms with Crippen molar-refractivity contribution in [2.24, 2.45) is 0 Å². The van der Waals surface area contributed by atoms with E-state index < -0.39 is 0 Å². The van der Waals surface area contributed by atoms with Gasteiger partial charge in [0.25, 0.3) is 5.91 Å². The average molecular weight is 439 g/mol. The fourth-order valence-electron chi connectivity index (χ4n) is 3.76. The smallest absolute Gasteiger partial charge is 0.337 e. The molecule has 1 heterocycles. The molecule has 1 atom stereocenters. The number of ether oxygens (including phenoxy) is 1. The molecular formula is C24H30N4O4. The number of carbonyl (C=O) groups excluding carboxylic acids is 3. The van der Waals surface area contributed by atoms with Gasteiger partial charge in [0, 0.05) is 56.7 Å². The molecule has 1 unspecified atom stereocenters. The number of hydrogen-bond acceptors (Lipinski definition) is 6. The van der Waals surface area contributed by atoms with E-state index in [4.69, 9.17) is 4.74 Å². The first-order valence-electron chi connectivity index (χ1n) is 10.6. The number of piperazine rings is 1. The molecule has 1 aliphatic heterocycles. The number of nitrogens with zero attached hydrogens (tertiary/aromatic N) is 3. The molecule has 0 aliphatic carbocycles. The van der Waals surface area contributed by atoms with Crippen molar-refractivity contribution in [2.75, 3.05) is 57.6 Å². The summed E-state index contributed by atoms with van der Waals surface area (Å²) < 4.78 is 4.74. The van der Waals surface area contributed by atoms with Gasteiger partial charge < -0.3 is 19.9 Å². The maximum Gasteiger partial charge on any atom is 0.337 e. The Morgan fingerprint density at radius 2 is 1.78 bits per heavy atom. The Kier molecular flexibility index (Phi) is 7.48. The quantitative estimate of drug-likeness (QED) is 0.697. The van der Waals surface area contributed by atoms with E-state index in [1.54, 1.807) is 50.5 Å². The highest BCUT2D eigenvalue weighted by molar-refractivity contribution is 5.97. The van der Waals surface area contributed by atoms with Crippen LogP contribution in [0.1, 0.15) is 27.6 Å². The van der Waals surface area contributed by atoms with Crippen LogP contribution in [0.3, 0.4) is 0 Å². The Labute approximate surface area is 188 Å². The van der Waals surface area contributed by atoms with Gasteiger partial charge in [-0.1, -0.05) is 6.07 Å². The zero-order valence-corrected chi connectivity index (χ0v) is 19.0. The molecule has 1 N–H and O–H groups in total. The number of benzene rings is 2. The van der Waals surface area contributed by atoms with E-state index in [0.717, 1.165) is 25.3 Å². The second kappa shape index (κ2) is 10.3. The van der Waals surface area contributed by atoms with Crippen LogP contribution in [-0.2, 0) is 9.53 Å². The molecule has 3 rings (SSSR count).